The zero-order valence-electron chi connectivity index (χ0n) is 21.8. The molecule has 0 aliphatic carbocycles. The highest BCUT2D eigenvalue weighted by atomic mass is 79.9. The van der Waals surface area contributed by atoms with Gasteiger partial charge in [0.15, 0.2) is 11.7 Å². The lowest BCUT2D eigenvalue weighted by molar-refractivity contribution is -0.121. The molecule has 12 nitrogen and oxygen atoms in total. The first-order valence-electron chi connectivity index (χ1n) is 11.8. The predicted molar refractivity (Wildman–Crippen MR) is 158 cm³/mol. The summed E-state index contributed by atoms with van der Waals surface area (Å²) in [4.78, 5) is 53.5. The number of carbonyl (C=O) groups is 3. The second kappa shape index (κ2) is 15.0. The van der Waals surface area contributed by atoms with Crippen molar-refractivity contribution in [2.24, 2.45) is 0 Å². The topological polar surface area (TPSA) is 150 Å². The van der Waals surface area contributed by atoms with Crippen molar-refractivity contribution >= 4 is 79.2 Å². The van der Waals surface area contributed by atoms with Crippen molar-refractivity contribution in [3.8, 4) is 10.8 Å². The number of benzene rings is 1. The number of anilines is 4. The van der Waals surface area contributed by atoms with E-state index in [1.54, 1.807) is 19.1 Å². The van der Waals surface area contributed by atoms with E-state index in [-0.39, 0.29) is 25.0 Å². The van der Waals surface area contributed by atoms with Crippen LogP contribution < -0.4 is 21.3 Å². The van der Waals surface area contributed by atoms with Crippen molar-refractivity contribution in [1.29, 1.82) is 0 Å². The molecule has 0 atom stereocenters. The summed E-state index contributed by atoms with van der Waals surface area (Å²) in [5, 5.41) is 12.7. The highest BCUT2D eigenvalue weighted by Gasteiger charge is 2.15. The minimum absolute atomic E-state index is 0.0719. The second-order valence-corrected chi connectivity index (χ2v) is 10.0. The number of likely N-dealkylation sites (N-methyl/N-ethyl adjacent to an activating group) is 1. The fourth-order valence-electron chi connectivity index (χ4n) is 3.20. The summed E-state index contributed by atoms with van der Waals surface area (Å²) in [7, 11) is 1.46. The number of para-hydroxylation sites is 1. The maximum atomic E-state index is 12.7. The average molecular weight is 650 g/mol. The largest absolute Gasteiger partial charge is 0.436 e. The molecule has 0 aliphatic rings. The van der Waals surface area contributed by atoms with Gasteiger partial charge >= 0.3 is 6.09 Å². The van der Waals surface area contributed by atoms with E-state index in [2.05, 4.69) is 62.9 Å². The number of aryl methyl sites for hydroxylation is 2. The van der Waals surface area contributed by atoms with Crippen LogP contribution in [0, 0.1) is 24.6 Å². The molecule has 0 unspecified atom stereocenters. The molecule has 0 aliphatic heterocycles. The van der Waals surface area contributed by atoms with Gasteiger partial charge in [0.1, 0.15) is 28.9 Å². The van der Waals surface area contributed by atoms with Gasteiger partial charge in [-0.3, -0.25) is 9.59 Å². The van der Waals surface area contributed by atoms with Gasteiger partial charge in [-0.05, 0) is 36.2 Å². The predicted octanol–water partition coefficient (Wildman–Crippen LogP) is 4.15. The van der Waals surface area contributed by atoms with Gasteiger partial charge in [-0.15, -0.1) is 0 Å². The van der Waals surface area contributed by atoms with Crippen molar-refractivity contribution < 1.29 is 19.1 Å². The van der Waals surface area contributed by atoms with Crippen molar-refractivity contribution in [2.45, 2.75) is 13.8 Å². The van der Waals surface area contributed by atoms with Gasteiger partial charge in [0, 0.05) is 42.1 Å². The lowest BCUT2D eigenvalue weighted by Crippen LogP contribution is -2.40. The van der Waals surface area contributed by atoms with Crippen LogP contribution in [-0.4, -0.2) is 71.0 Å². The molecule has 0 saturated heterocycles. The average Bonchev–Trinajstić information content (AvgIpc) is 3.37. The molecule has 15 heteroatoms. The summed E-state index contributed by atoms with van der Waals surface area (Å²) < 4.78 is 4.88. The van der Waals surface area contributed by atoms with E-state index >= 15 is 0 Å². The summed E-state index contributed by atoms with van der Waals surface area (Å²) in [6.07, 6.45) is 0.822. The molecular formula is C25H26BrClN8O4S. The lowest BCUT2D eigenvalue weighted by atomic mass is 10.2. The lowest BCUT2D eigenvalue weighted by Gasteiger charge is -2.16. The van der Waals surface area contributed by atoms with Crippen molar-refractivity contribution in [2.75, 3.05) is 49.2 Å². The molecule has 0 radical (unpaired) electrons. The Morgan fingerprint density at radius 3 is 2.70 bits per heavy atom. The van der Waals surface area contributed by atoms with E-state index in [4.69, 9.17) is 16.3 Å². The number of amides is 3. The number of thiazole rings is 1. The summed E-state index contributed by atoms with van der Waals surface area (Å²) in [5.74, 6) is 3.38. The highest BCUT2D eigenvalue weighted by Crippen LogP contribution is 2.28. The van der Waals surface area contributed by atoms with Gasteiger partial charge < -0.3 is 30.9 Å². The second-order valence-electron chi connectivity index (χ2n) is 8.18. The highest BCUT2D eigenvalue weighted by molar-refractivity contribution is 9.12. The van der Waals surface area contributed by atoms with E-state index < -0.39 is 6.09 Å². The zero-order valence-corrected chi connectivity index (χ0v) is 25.0. The van der Waals surface area contributed by atoms with E-state index in [1.807, 2.05) is 19.1 Å². The van der Waals surface area contributed by atoms with Gasteiger partial charge in [-0.25, -0.2) is 19.7 Å². The van der Waals surface area contributed by atoms with E-state index in [9.17, 15) is 14.4 Å². The normalized spacial score (nSPS) is 10.1. The number of aromatic nitrogens is 3. The van der Waals surface area contributed by atoms with Crippen LogP contribution in [0.1, 0.15) is 21.1 Å². The molecule has 4 N–H and O–H groups in total. The van der Waals surface area contributed by atoms with Crippen LogP contribution in [-0.2, 0) is 9.53 Å². The molecular weight excluding hydrogens is 624 g/mol. The maximum absolute atomic E-state index is 12.7. The van der Waals surface area contributed by atoms with Crippen molar-refractivity contribution in [1.82, 2.24) is 25.2 Å². The number of rotatable bonds is 11. The van der Waals surface area contributed by atoms with Crippen molar-refractivity contribution in [3.63, 3.8) is 0 Å². The van der Waals surface area contributed by atoms with E-state index in [0.717, 1.165) is 21.8 Å². The molecule has 0 spiro atoms. The quantitative estimate of drug-likeness (QED) is 0.177. The standard InChI is InChI=1S/C25H26BrClN8O4S/c1-15-6-4-7-17(27)22(15)34-23(37)18-13-30-24(40-18)33-20-12-19(31-16(2)32-20)28-9-10-29-21(36)14-35(3)25(38)39-11-5-8-26/h4,6-7,12-13H,9-11,14H2,1-3H3,(H,29,36)(H,34,37)(H2,28,30,31,32,33). The van der Waals surface area contributed by atoms with Crippen LogP contribution in [0.15, 0.2) is 30.5 Å². The molecule has 2 aromatic heterocycles. The van der Waals surface area contributed by atoms with Gasteiger partial charge in [-0.2, -0.15) is 0 Å². The maximum Gasteiger partial charge on any atom is 0.410 e. The first kappa shape index (κ1) is 30.6. The molecule has 3 rings (SSSR count). The Bertz CT molecular complexity index is 1420. The molecule has 2 heterocycles. The Labute approximate surface area is 248 Å². The molecule has 210 valence electrons. The molecule has 0 fully saturated rings. The Hall–Kier alpha value is -3.93. The van der Waals surface area contributed by atoms with Gasteiger partial charge in [-0.1, -0.05) is 35.1 Å². The Balaban J connectivity index is 1.49. The van der Waals surface area contributed by atoms with Gasteiger partial charge in [0.2, 0.25) is 5.91 Å². The number of ether oxygens (including phenoxy) is 1. The fourth-order valence-corrected chi connectivity index (χ4v) is 4.30. The van der Waals surface area contributed by atoms with Crippen LogP contribution in [0.25, 0.3) is 0 Å². The first-order valence-corrected chi connectivity index (χ1v) is 13.8. The minimum Gasteiger partial charge on any atom is -0.436 e. The molecule has 40 heavy (non-hydrogen) atoms. The number of carbonyl (C=O) groups excluding carboxylic acids is 3. The summed E-state index contributed by atoms with van der Waals surface area (Å²) in [5.41, 5.74) is 1.41. The Morgan fingerprint density at radius 2 is 1.95 bits per heavy atom. The number of nitrogens with zero attached hydrogens (tertiary/aromatic N) is 4. The molecule has 0 bridgehead atoms. The number of halogens is 2. The fraction of sp³-hybridized carbons (Fsp3) is 0.280. The van der Waals surface area contributed by atoms with Crippen LogP contribution in [0.4, 0.5) is 27.2 Å². The smallest absolute Gasteiger partial charge is 0.410 e. The van der Waals surface area contributed by atoms with E-state index in [1.165, 1.54) is 13.2 Å². The van der Waals surface area contributed by atoms with Crippen LogP contribution in [0.2, 0.25) is 5.02 Å². The number of hydrogen-bond donors (Lipinski definition) is 4. The molecule has 3 aromatic rings. The monoisotopic (exact) mass is 648 g/mol. The SMILES string of the molecule is Cc1nc(NCCNC(=O)CN(C)C(=O)OCC#CBr)cc(Nc2ncc(C(=O)Nc3c(C)cccc3Cl)s2)n1. The van der Waals surface area contributed by atoms with Crippen LogP contribution in [0.3, 0.4) is 0 Å². The molecule has 0 saturated carbocycles. The summed E-state index contributed by atoms with van der Waals surface area (Å²) in [6, 6.07) is 7.07. The van der Waals surface area contributed by atoms with E-state index in [0.29, 0.717) is 51.3 Å². The zero-order chi connectivity index (χ0) is 29.1. The van der Waals surface area contributed by atoms with Crippen LogP contribution >= 0.6 is 38.9 Å². The van der Waals surface area contributed by atoms with Gasteiger partial charge in [0.05, 0.1) is 16.9 Å². The Morgan fingerprint density at radius 1 is 1.18 bits per heavy atom. The third-order valence-corrected chi connectivity index (χ3v) is 6.55. The third-order valence-electron chi connectivity index (χ3n) is 5.04. The Kier molecular flexibility index (Phi) is 11.5. The number of nitrogens with one attached hydrogen (secondary N) is 4. The van der Waals surface area contributed by atoms with Crippen molar-refractivity contribution in [3.05, 3.63) is 51.7 Å². The number of hydrogen-bond acceptors (Lipinski definition) is 10. The third kappa shape index (κ3) is 9.37. The molecule has 3 amide bonds. The summed E-state index contributed by atoms with van der Waals surface area (Å²) in [6.45, 7) is 4.03. The summed E-state index contributed by atoms with van der Waals surface area (Å²) >= 11 is 10.3. The van der Waals surface area contributed by atoms with Gasteiger partial charge in [0.25, 0.3) is 5.91 Å². The minimum atomic E-state index is -0.649. The first-order chi connectivity index (χ1) is 19.2. The van der Waals surface area contributed by atoms with Crippen LogP contribution in [0.5, 0.6) is 0 Å². The molecule has 1 aromatic carbocycles.